The first kappa shape index (κ1) is 11.7. The van der Waals surface area contributed by atoms with Crippen LogP contribution in [0, 0.1) is 5.92 Å². The van der Waals surface area contributed by atoms with E-state index >= 15 is 0 Å². The van der Waals surface area contributed by atoms with Crippen LogP contribution < -0.4 is 0 Å². The molecule has 80 valence electrons. The molecule has 0 aromatic heterocycles. The molecule has 0 saturated heterocycles. The zero-order valence-corrected chi connectivity index (χ0v) is 8.89. The van der Waals surface area contributed by atoms with Gasteiger partial charge in [-0.15, -0.1) is 6.58 Å². The van der Waals surface area contributed by atoms with Gasteiger partial charge in [-0.3, -0.25) is 4.99 Å². The minimum atomic E-state index is -0.763. The van der Waals surface area contributed by atoms with Crippen LogP contribution in [0.2, 0.25) is 0 Å². The topological polar surface area (TPSA) is 32.6 Å². The molecule has 1 aliphatic rings. The van der Waals surface area contributed by atoms with Gasteiger partial charge in [-0.25, -0.2) is 0 Å². The van der Waals surface area contributed by atoms with Gasteiger partial charge in [0.15, 0.2) is 0 Å². The lowest BCUT2D eigenvalue weighted by Gasteiger charge is -2.01. The zero-order valence-electron chi connectivity index (χ0n) is 8.89. The van der Waals surface area contributed by atoms with Crippen LogP contribution in [0.1, 0.15) is 12.8 Å². The molecule has 0 amide bonds. The Labute approximate surface area is 91.0 Å². The quantitative estimate of drug-likeness (QED) is 0.402. The fourth-order valence-corrected chi connectivity index (χ4v) is 1.11. The van der Waals surface area contributed by atoms with Crippen molar-refractivity contribution >= 4 is 6.21 Å². The molecular formula is C13H17NO. The highest BCUT2D eigenvalue weighted by Gasteiger charge is 2.22. The standard InChI is InChI=1S/C13H17NO/c1-4-13(15)11(3)14-9-5-6-10(2)12-7-8-12/h4-6,9,12-13,15H,1-3,7-8H2/b6-5-,14-9+. The molecule has 1 atom stereocenters. The van der Waals surface area contributed by atoms with E-state index in [9.17, 15) is 5.11 Å². The Bertz CT molecular complexity index is 321. The van der Waals surface area contributed by atoms with Gasteiger partial charge in [0.25, 0.3) is 0 Å². The summed E-state index contributed by atoms with van der Waals surface area (Å²) in [5, 5.41) is 9.26. The fraction of sp³-hybridized carbons (Fsp3) is 0.308. The van der Waals surface area contributed by atoms with Crippen LogP contribution in [0.15, 0.2) is 54.2 Å². The first-order chi connectivity index (χ1) is 7.15. The molecule has 1 aliphatic carbocycles. The van der Waals surface area contributed by atoms with Crippen LogP contribution in [0.5, 0.6) is 0 Å². The number of aliphatic hydroxyl groups is 1. The molecule has 0 radical (unpaired) electrons. The molecule has 2 heteroatoms. The summed E-state index contributed by atoms with van der Waals surface area (Å²) < 4.78 is 0. The van der Waals surface area contributed by atoms with Gasteiger partial charge in [0.1, 0.15) is 6.10 Å². The van der Waals surface area contributed by atoms with Crippen LogP contribution in [0.25, 0.3) is 0 Å². The number of rotatable bonds is 6. The Kier molecular flexibility index (Phi) is 4.25. The maximum absolute atomic E-state index is 9.26. The third-order valence-electron chi connectivity index (χ3n) is 2.30. The van der Waals surface area contributed by atoms with Gasteiger partial charge in [-0.2, -0.15) is 0 Å². The molecule has 1 saturated carbocycles. The molecule has 2 nitrogen and oxygen atoms in total. The molecule has 1 unspecified atom stereocenters. The van der Waals surface area contributed by atoms with Gasteiger partial charge in [0.2, 0.25) is 0 Å². The number of aliphatic hydroxyl groups excluding tert-OH is 1. The number of hydrogen-bond acceptors (Lipinski definition) is 2. The largest absolute Gasteiger partial charge is 0.383 e. The van der Waals surface area contributed by atoms with Crippen molar-refractivity contribution in [3.05, 3.63) is 49.2 Å². The summed E-state index contributed by atoms with van der Waals surface area (Å²) in [7, 11) is 0. The van der Waals surface area contributed by atoms with E-state index in [0.29, 0.717) is 11.6 Å². The second-order valence-corrected chi connectivity index (χ2v) is 3.66. The minimum absolute atomic E-state index is 0.395. The highest BCUT2D eigenvalue weighted by Crippen LogP contribution is 2.35. The van der Waals surface area contributed by atoms with E-state index in [0.717, 1.165) is 5.57 Å². The minimum Gasteiger partial charge on any atom is -0.383 e. The smallest absolute Gasteiger partial charge is 0.113 e. The Balaban J connectivity index is 2.34. The third-order valence-corrected chi connectivity index (χ3v) is 2.30. The number of aliphatic imine (C=N–C) groups is 1. The van der Waals surface area contributed by atoms with Crippen molar-refractivity contribution in [2.24, 2.45) is 10.9 Å². The average Bonchev–Trinajstić information content (AvgIpc) is 3.06. The first-order valence-electron chi connectivity index (χ1n) is 5.04. The number of hydrogen-bond donors (Lipinski definition) is 1. The van der Waals surface area contributed by atoms with Gasteiger partial charge in [0, 0.05) is 6.21 Å². The average molecular weight is 203 g/mol. The SMILES string of the molecule is C=CC(O)C(=C)/N=C/C=C\C(=C)C1CC1. The molecule has 0 heterocycles. The summed E-state index contributed by atoms with van der Waals surface area (Å²) in [5.41, 5.74) is 1.54. The van der Waals surface area contributed by atoms with Crippen LogP contribution in [0.3, 0.4) is 0 Å². The van der Waals surface area contributed by atoms with Crippen molar-refractivity contribution < 1.29 is 5.11 Å². The van der Waals surface area contributed by atoms with Crippen LogP contribution in [0.4, 0.5) is 0 Å². The van der Waals surface area contributed by atoms with E-state index < -0.39 is 6.10 Å². The van der Waals surface area contributed by atoms with Crippen LogP contribution in [-0.2, 0) is 0 Å². The molecule has 0 bridgehead atoms. The Hall–Kier alpha value is -1.41. The van der Waals surface area contributed by atoms with Crippen molar-refractivity contribution in [3.8, 4) is 0 Å². The van der Waals surface area contributed by atoms with E-state index in [2.05, 4.69) is 24.7 Å². The highest BCUT2D eigenvalue weighted by molar-refractivity contribution is 5.73. The van der Waals surface area contributed by atoms with Gasteiger partial charge in [-0.05, 0) is 24.8 Å². The molecule has 1 N–H and O–H groups in total. The molecular weight excluding hydrogens is 186 g/mol. The third kappa shape index (κ3) is 4.09. The predicted molar refractivity (Wildman–Crippen MR) is 64.8 cm³/mol. The monoisotopic (exact) mass is 203 g/mol. The second-order valence-electron chi connectivity index (χ2n) is 3.66. The summed E-state index contributed by atoms with van der Waals surface area (Å²) in [5.74, 6) is 0.677. The van der Waals surface area contributed by atoms with Crippen molar-refractivity contribution in [1.82, 2.24) is 0 Å². The first-order valence-corrected chi connectivity index (χ1v) is 5.04. The maximum atomic E-state index is 9.26. The Morgan fingerprint density at radius 1 is 1.40 bits per heavy atom. The molecule has 0 aromatic rings. The lowest BCUT2D eigenvalue weighted by molar-refractivity contribution is 0.259. The van der Waals surface area contributed by atoms with Crippen molar-refractivity contribution in [2.45, 2.75) is 18.9 Å². The molecule has 0 aromatic carbocycles. The van der Waals surface area contributed by atoms with E-state index in [1.54, 1.807) is 6.21 Å². The van der Waals surface area contributed by atoms with E-state index in [1.165, 1.54) is 18.9 Å². The van der Waals surface area contributed by atoms with Crippen molar-refractivity contribution in [2.75, 3.05) is 0 Å². The number of allylic oxidation sites excluding steroid dienone is 3. The molecule has 1 rings (SSSR count). The van der Waals surface area contributed by atoms with Crippen molar-refractivity contribution in [3.63, 3.8) is 0 Å². The summed E-state index contributed by atoms with van der Waals surface area (Å²) in [6.07, 6.45) is 8.52. The summed E-state index contributed by atoms with van der Waals surface area (Å²) in [6.45, 7) is 11.0. The van der Waals surface area contributed by atoms with Crippen LogP contribution >= 0.6 is 0 Å². The normalized spacial score (nSPS) is 18.2. The summed E-state index contributed by atoms with van der Waals surface area (Å²) in [4.78, 5) is 3.98. The van der Waals surface area contributed by atoms with Gasteiger partial charge < -0.3 is 5.11 Å². The lowest BCUT2D eigenvalue weighted by atomic mass is 10.2. The second kappa shape index (κ2) is 5.47. The number of nitrogens with zero attached hydrogens (tertiary/aromatic N) is 1. The molecule has 0 aliphatic heterocycles. The molecule has 0 spiro atoms. The van der Waals surface area contributed by atoms with E-state index in [1.807, 2.05) is 12.2 Å². The molecule has 1 fully saturated rings. The Morgan fingerprint density at radius 3 is 2.60 bits per heavy atom. The maximum Gasteiger partial charge on any atom is 0.113 e. The predicted octanol–water partition coefficient (Wildman–Crippen LogP) is 2.64. The van der Waals surface area contributed by atoms with E-state index in [-0.39, 0.29) is 0 Å². The van der Waals surface area contributed by atoms with Gasteiger partial charge in [-0.1, -0.05) is 30.9 Å². The fourth-order valence-electron chi connectivity index (χ4n) is 1.11. The lowest BCUT2D eigenvalue weighted by Crippen LogP contribution is -2.02. The summed E-state index contributed by atoms with van der Waals surface area (Å²) >= 11 is 0. The summed E-state index contributed by atoms with van der Waals surface area (Å²) in [6, 6.07) is 0. The Morgan fingerprint density at radius 2 is 2.07 bits per heavy atom. The zero-order chi connectivity index (χ0) is 11.3. The molecule has 15 heavy (non-hydrogen) atoms. The van der Waals surface area contributed by atoms with E-state index in [4.69, 9.17) is 0 Å². The van der Waals surface area contributed by atoms with Crippen molar-refractivity contribution in [1.29, 1.82) is 0 Å². The van der Waals surface area contributed by atoms with Gasteiger partial charge >= 0.3 is 0 Å². The van der Waals surface area contributed by atoms with Crippen LogP contribution in [-0.4, -0.2) is 17.4 Å². The highest BCUT2D eigenvalue weighted by atomic mass is 16.3. The van der Waals surface area contributed by atoms with Gasteiger partial charge in [0.05, 0.1) is 5.70 Å².